The fourth-order valence-corrected chi connectivity index (χ4v) is 3.99. The van der Waals surface area contributed by atoms with Gasteiger partial charge in [0.15, 0.2) is 11.5 Å². The largest absolute Gasteiger partial charge is 0.367 e. The Morgan fingerprint density at radius 1 is 1.15 bits per heavy atom. The van der Waals surface area contributed by atoms with Crippen molar-refractivity contribution in [3.8, 4) is 11.4 Å². The monoisotopic (exact) mass is 371 g/mol. The molecule has 1 saturated heterocycles. The van der Waals surface area contributed by atoms with Crippen LogP contribution in [0, 0.1) is 0 Å². The summed E-state index contributed by atoms with van der Waals surface area (Å²) in [6.45, 7) is 11.1. The van der Waals surface area contributed by atoms with Crippen LogP contribution in [0.25, 0.3) is 17.0 Å². The second-order valence-corrected chi connectivity index (χ2v) is 7.50. The van der Waals surface area contributed by atoms with E-state index in [-0.39, 0.29) is 0 Å². The van der Waals surface area contributed by atoms with Crippen molar-refractivity contribution in [1.29, 1.82) is 0 Å². The second kappa shape index (κ2) is 7.69. The van der Waals surface area contributed by atoms with E-state index in [1.807, 2.05) is 28.1 Å². The third-order valence-corrected chi connectivity index (χ3v) is 5.78. The molecular formula is C18H25N7S. The first kappa shape index (κ1) is 17.4. The van der Waals surface area contributed by atoms with Crippen molar-refractivity contribution >= 4 is 22.8 Å². The highest BCUT2D eigenvalue weighted by Crippen LogP contribution is 2.21. The van der Waals surface area contributed by atoms with E-state index >= 15 is 0 Å². The van der Waals surface area contributed by atoms with Crippen molar-refractivity contribution in [1.82, 2.24) is 29.6 Å². The maximum atomic E-state index is 4.69. The Morgan fingerprint density at radius 2 is 2.00 bits per heavy atom. The first-order valence-electron chi connectivity index (χ1n) is 9.20. The molecule has 4 heterocycles. The van der Waals surface area contributed by atoms with Gasteiger partial charge in [-0.05, 0) is 37.0 Å². The molecule has 3 aromatic heterocycles. The smallest absolute Gasteiger partial charge is 0.186 e. The van der Waals surface area contributed by atoms with E-state index in [0.29, 0.717) is 6.04 Å². The van der Waals surface area contributed by atoms with Crippen molar-refractivity contribution in [2.24, 2.45) is 0 Å². The lowest BCUT2D eigenvalue weighted by atomic mass is 10.2. The molecule has 26 heavy (non-hydrogen) atoms. The van der Waals surface area contributed by atoms with E-state index in [1.54, 1.807) is 11.3 Å². The lowest BCUT2D eigenvalue weighted by Crippen LogP contribution is -2.51. The van der Waals surface area contributed by atoms with Gasteiger partial charge in [0.05, 0.1) is 0 Å². The number of nitrogens with one attached hydrogen (secondary N) is 1. The predicted octanol–water partition coefficient (Wildman–Crippen LogP) is 2.29. The lowest BCUT2D eigenvalue weighted by Gasteiger charge is -2.37. The summed E-state index contributed by atoms with van der Waals surface area (Å²) >= 11 is 1.65. The number of hydrogen-bond acceptors (Lipinski definition) is 7. The summed E-state index contributed by atoms with van der Waals surface area (Å²) in [5.74, 6) is 1.64. The van der Waals surface area contributed by atoms with Crippen molar-refractivity contribution < 1.29 is 0 Å². The van der Waals surface area contributed by atoms with Gasteiger partial charge >= 0.3 is 0 Å². The summed E-state index contributed by atoms with van der Waals surface area (Å²) < 4.78 is 1.81. The SMILES string of the molecule is CCN1CCN(C(C)CNc2ccc3nnc(-c4ccsc4)n3n2)CC1. The van der Waals surface area contributed by atoms with Crippen LogP contribution in [0.1, 0.15) is 13.8 Å². The fourth-order valence-electron chi connectivity index (χ4n) is 3.36. The van der Waals surface area contributed by atoms with Crippen LogP contribution in [0.2, 0.25) is 0 Å². The molecule has 8 heteroatoms. The van der Waals surface area contributed by atoms with Gasteiger partial charge in [-0.1, -0.05) is 6.92 Å². The van der Waals surface area contributed by atoms with Crippen LogP contribution < -0.4 is 5.32 Å². The molecule has 1 atom stereocenters. The van der Waals surface area contributed by atoms with Crippen LogP contribution in [0.3, 0.4) is 0 Å². The normalized spacial score (nSPS) is 17.6. The molecule has 138 valence electrons. The molecule has 0 saturated carbocycles. The van der Waals surface area contributed by atoms with Crippen LogP contribution in [0.4, 0.5) is 5.82 Å². The van der Waals surface area contributed by atoms with Gasteiger partial charge in [0.25, 0.3) is 0 Å². The minimum atomic E-state index is 0.476. The Morgan fingerprint density at radius 3 is 2.73 bits per heavy atom. The number of aromatic nitrogens is 4. The van der Waals surface area contributed by atoms with Crippen LogP contribution in [0.15, 0.2) is 29.0 Å². The highest BCUT2D eigenvalue weighted by atomic mass is 32.1. The summed E-state index contributed by atoms with van der Waals surface area (Å²) in [5, 5.41) is 20.8. The molecule has 0 spiro atoms. The summed E-state index contributed by atoms with van der Waals surface area (Å²) in [4.78, 5) is 5.05. The number of anilines is 1. The number of piperazine rings is 1. The molecule has 0 aromatic carbocycles. The molecule has 1 N–H and O–H groups in total. The number of likely N-dealkylation sites (N-methyl/N-ethyl adjacent to an activating group) is 1. The predicted molar refractivity (Wildman–Crippen MR) is 106 cm³/mol. The van der Waals surface area contributed by atoms with Crippen LogP contribution >= 0.6 is 11.3 Å². The zero-order valence-corrected chi connectivity index (χ0v) is 16.1. The van der Waals surface area contributed by atoms with Crippen molar-refractivity contribution in [3.05, 3.63) is 29.0 Å². The van der Waals surface area contributed by atoms with Gasteiger partial charge in [0.2, 0.25) is 0 Å². The number of nitrogens with zero attached hydrogens (tertiary/aromatic N) is 6. The Bertz CT molecular complexity index is 836. The fraction of sp³-hybridized carbons (Fsp3) is 0.500. The molecule has 1 unspecified atom stereocenters. The average molecular weight is 372 g/mol. The Labute approximate surface area is 157 Å². The quantitative estimate of drug-likeness (QED) is 0.717. The Hall–Kier alpha value is -2.03. The molecule has 0 aliphatic carbocycles. The molecule has 1 aliphatic rings. The minimum absolute atomic E-state index is 0.476. The third-order valence-electron chi connectivity index (χ3n) is 5.10. The topological polar surface area (TPSA) is 61.6 Å². The maximum Gasteiger partial charge on any atom is 0.186 e. The molecule has 7 nitrogen and oxygen atoms in total. The Balaban J connectivity index is 1.42. The number of hydrogen-bond donors (Lipinski definition) is 1. The molecule has 3 aromatic rings. The van der Waals surface area contributed by atoms with E-state index in [1.165, 1.54) is 0 Å². The van der Waals surface area contributed by atoms with Crippen molar-refractivity contribution in [3.63, 3.8) is 0 Å². The van der Waals surface area contributed by atoms with Crippen molar-refractivity contribution in [2.75, 3.05) is 44.6 Å². The summed E-state index contributed by atoms with van der Waals surface area (Å²) in [6.07, 6.45) is 0. The molecule has 1 fully saturated rings. The average Bonchev–Trinajstić information content (AvgIpc) is 3.35. The van der Waals surface area contributed by atoms with Crippen LogP contribution in [-0.2, 0) is 0 Å². The number of rotatable bonds is 6. The van der Waals surface area contributed by atoms with E-state index in [4.69, 9.17) is 5.10 Å². The third kappa shape index (κ3) is 3.58. The molecule has 0 bridgehead atoms. The highest BCUT2D eigenvalue weighted by Gasteiger charge is 2.20. The van der Waals surface area contributed by atoms with Crippen molar-refractivity contribution in [2.45, 2.75) is 19.9 Å². The zero-order valence-electron chi connectivity index (χ0n) is 15.3. The van der Waals surface area contributed by atoms with E-state index in [2.05, 4.69) is 44.5 Å². The molecule has 1 aliphatic heterocycles. The van der Waals surface area contributed by atoms with E-state index in [0.717, 1.165) is 62.1 Å². The van der Waals surface area contributed by atoms with Gasteiger partial charge in [0, 0.05) is 49.7 Å². The standard InChI is InChI=1S/C18H25N7S/c1-3-23-7-9-24(10-8-23)14(2)12-19-16-4-5-17-20-21-18(25(17)22-16)15-6-11-26-13-15/h4-6,11,13-14H,3,7-10,12H2,1-2H3,(H,19,22). The van der Waals surface area contributed by atoms with Gasteiger partial charge in [-0.25, -0.2) is 0 Å². The molecular weight excluding hydrogens is 346 g/mol. The van der Waals surface area contributed by atoms with Gasteiger partial charge in [-0.3, -0.25) is 4.90 Å². The van der Waals surface area contributed by atoms with Gasteiger partial charge in [-0.2, -0.15) is 15.9 Å². The lowest BCUT2D eigenvalue weighted by molar-refractivity contribution is 0.110. The number of thiophene rings is 1. The molecule has 4 rings (SSSR count). The van der Waals surface area contributed by atoms with Crippen LogP contribution in [-0.4, -0.2) is 74.9 Å². The first-order valence-corrected chi connectivity index (χ1v) is 10.1. The Kier molecular flexibility index (Phi) is 5.14. The van der Waals surface area contributed by atoms with Gasteiger partial charge in [-0.15, -0.1) is 15.3 Å². The summed E-state index contributed by atoms with van der Waals surface area (Å²) in [7, 11) is 0. The summed E-state index contributed by atoms with van der Waals surface area (Å²) in [6, 6.07) is 6.45. The summed E-state index contributed by atoms with van der Waals surface area (Å²) in [5.41, 5.74) is 1.81. The first-order chi connectivity index (χ1) is 12.7. The van der Waals surface area contributed by atoms with Gasteiger partial charge < -0.3 is 10.2 Å². The zero-order chi connectivity index (χ0) is 17.9. The van der Waals surface area contributed by atoms with Gasteiger partial charge in [0.1, 0.15) is 5.82 Å². The van der Waals surface area contributed by atoms with E-state index in [9.17, 15) is 0 Å². The number of fused-ring (bicyclic) bond motifs is 1. The van der Waals surface area contributed by atoms with Crippen LogP contribution in [0.5, 0.6) is 0 Å². The molecule has 0 radical (unpaired) electrons. The second-order valence-electron chi connectivity index (χ2n) is 6.72. The maximum absolute atomic E-state index is 4.69. The minimum Gasteiger partial charge on any atom is -0.367 e. The molecule has 0 amide bonds. The van der Waals surface area contributed by atoms with E-state index < -0.39 is 0 Å². The highest BCUT2D eigenvalue weighted by molar-refractivity contribution is 7.08.